The number of rotatable bonds is 4. The van der Waals surface area contributed by atoms with E-state index in [1.54, 1.807) is 0 Å². The van der Waals surface area contributed by atoms with Gasteiger partial charge in [-0.15, -0.1) is 0 Å². The van der Waals surface area contributed by atoms with Gasteiger partial charge in [0.05, 0.1) is 0 Å². The Kier molecular flexibility index (Phi) is 4.79. The third-order valence-electron chi connectivity index (χ3n) is 3.92. The molecule has 1 aliphatic rings. The second-order valence-electron chi connectivity index (χ2n) is 5.16. The highest BCUT2D eigenvalue weighted by Gasteiger charge is 2.29. The largest absolute Gasteiger partial charge is 0.330 e. The minimum atomic E-state index is 0.166. The summed E-state index contributed by atoms with van der Waals surface area (Å²) in [4.78, 5) is 12.3. The molecule has 1 aromatic rings. The smallest absolute Gasteiger partial charge is 0.140 e. The fraction of sp³-hybridized carbons (Fsp3) is 0.533. The van der Waals surface area contributed by atoms with Crippen molar-refractivity contribution in [3.63, 3.8) is 0 Å². The average molecular weight is 266 g/mol. The van der Waals surface area contributed by atoms with Gasteiger partial charge in [-0.1, -0.05) is 36.6 Å². The standard InChI is InChI=1S/C15H20ClNO/c16-13-7-5-11(6-8-13)9-15(18)14-4-2-1-3-12(14)10-17/h5-8,12,14H,1-4,9-10,17H2. The van der Waals surface area contributed by atoms with Gasteiger partial charge < -0.3 is 5.73 Å². The average Bonchev–Trinajstić information content (AvgIpc) is 2.41. The Bertz CT molecular complexity index is 401. The van der Waals surface area contributed by atoms with Crippen LogP contribution >= 0.6 is 11.6 Å². The lowest BCUT2D eigenvalue weighted by Crippen LogP contribution is -2.33. The van der Waals surface area contributed by atoms with Crippen molar-refractivity contribution in [2.24, 2.45) is 17.6 Å². The molecule has 1 aliphatic carbocycles. The number of ketones is 1. The third kappa shape index (κ3) is 3.33. The van der Waals surface area contributed by atoms with Gasteiger partial charge >= 0.3 is 0 Å². The van der Waals surface area contributed by atoms with E-state index in [4.69, 9.17) is 17.3 Å². The Labute approximate surface area is 114 Å². The Balaban J connectivity index is 2.00. The van der Waals surface area contributed by atoms with Gasteiger partial charge in [-0.2, -0.15) is 0 Å². The highest BCUT2D eigenvalue weighted by molar-refractivity contribution is 6.30. The van der Waals surface area contributed by atoms with Crippen LogP contribution in [0.15, 0.2) is 24.3 Å². The monoisotopic (exact) mass is 265 g/mol. The molecule has 0 bridgehead atoms. The molecule has 98 valence electrons. The summed E-state index contributed by atoms with van der Waals surface area (Å²) < 4.78 is 0. The van der Waals surface area contributed by atoms with Crippen molar-refractivity contribution in [3.8, 4) is 0 Å². The number of halogens is 1. The lowest BCUT2D eigenvalue weighted by Gasteiger charge is -2.29. The zero-order valence-electron chi connectivity index (χ0n) is 10.6. The maximum absolute atomic E-state index is 12.3. The highest BCUT2D eigenvalue weighted by atomic mass is 35.5. The molecule has 2 unspecified atom stereocenters. The SMILES string of the molecule is NCC1CCCCC1C(=O)Cc1ccc(Cl)cc1. The molecule has 1 saturated carbocycles. The number of carbonyl (C=O) groups is 1. The minimum absolute atomic E-state index is 0.166. The topological polar surface area (TPSA) is 43.1 Å². The van der Waals surface area contributed by atoms with Crippen LogP contribution in [0, 0.1) is 11.8 Å². The van der Waals surface area contributed by atoms with E-state index in [-0.39, 0.29) is 5.92 Å². The first kappa shape index (κ1) is 13.6. The summed E-state index contributed by atoms with van der Waals surface area (Å²) in [6, 6.07) is 7.54. The van der Waals surface area contributed by atoms with Crippen LogP contribution in [0.5, 0.6) is 0 Å². The van der Waals surface area contributed by atoms with E-state index < -0.39 is 0 Å². The highest BCUT2D eigenvalue weighted by Crippen LogP contribution is 2.30. The first-order valence-corrected chi connectivity index (χ1v) is 7.05. The van der Waals surface area contributed by atoms with E-state index in [1.807, 2.05) is 24.3 Å². The first-order valence-electron chi connectivity index (χ1n) is 6.68. The van der Waals surface area contributed by atoms with E-state index in [1.165, 1.54) is 6.42 Å². The Morgan fingerprint density at radius 1 is 1.22 bits per heavy atom. The number of nitrogens with two attached hydrogens (primary N) is 1. The van der Waals surface area contributed by atoms with Crippen molar-refractivity contribution in [3.05, 3.63) is 34.9 Å². The van der Waals surface area contributed by atoms with E-state index in [2.05, 4.69) is 0 Å². The lowest BCUT2D eigenvalue weighted by molar-refractivity contribution is -0.124. The molecule has 0 heterocycles. The van der Waals surface area contributed by atoms with E-state index in [0.29, 0.717) is 29.7 Å². The number of Topliss-reactive ketones (excluding diaryl/α,β-unsaturated/α-hetero) is 1. The quantitative estimate of drug-likeness (QED) is 0.908. The van der Waals surface area contributed by atoms with Crippen LogP contribution in [0.25, 0.3) is 0 Å². The van der Waals surface area contributed by atoms with Crippen LogP contribution in [0.4, 0.5) is 0 Å². The Morgan fingerprint density at radius 3 is 2.56 bits per heavy atom. The molecule has 0 radical (unpaired) electrons. The molecular weight excluding hydrogens is 246 g/mol. The van der Waals surface area contributed by atoms with Gasteiger partial charge in [0, 0.05) is 17.4 Å². The third-order valence-corrected chi connectivity index (χ3v) is 4.17. The second-order valence-corrected chi connectivity index (χ2v) is 5.59. The Hall–Kier alpha value is -0.860. The molecule has 0 saturated heterocycles. The van der Waals surface area contributed by atoms with Gasteiger partial charge in [-0.05, 0) is 43.0 Å². The maximum Gasteiger partial charge on any atom is 0.140 e. The maximum atomic E-state index is 12.3. The van der Waals surface area contributed by atoms with Crippen molar-refractivity contribution >= 4 is 17.4 Å². The molecule has 2 nitrogen and oxygen atoms in total. The van der Waals surface area contributed by atoms with Gasteiger partial charge in [0.15, 0.2) is 0 Å². The zero-order valence-corrected chi connectivity index (χ0v) is 11.3. The van der Waals surface area contributed by atoms with Crippen LogP contribution in [0.2, 0.25) is 5.02 Å². The van der Waals surface area contributed by atoms with Crippen molar-refractivity contribution in [2.45, 2.75) is 32.1 Å². The molecule has 2 N–H and O–H groups in total. The van der Waals surface area contributed by atoms with Crippen molar-refractivity contribution < 1.29 is 4.79 Å². The molecule has 3 heteroatoms. The molecule has 1 fully saturated rings. The molecular formula is C15H20ClNO. The molecule has 0 aromatic heterocycles. The Morgan fingerprint density at radius 2 is 1.89 bits per heavy atom. The number of hydrogen-bond acceptors (Lipinski definition) is 2. The van der Waals surface area contributed by atoms with Crippen molar-refractivity contribution in [2.75, 3.05) is 6.54 Å². The van der Waals surface area contributed by atoms with Crippen molar-refractivity contribution in [1.29, 1.82) is 0 Å². The van der Waals surface area contributed by atoms with Gasteiger partial charge in [0.2, 0.25) is 0 Å². The molecule has 0 spiro atoms. The van der Waals surface area contributed by atoms with Gasteiger partial charge in [-0.25, -0.2) is 0 Å². The first-order chi connectivity index (χ1) is 8.70. The number of carbonyl (C=O) groups excluding carboxylic acids is 1. The summed E-state index contributed by atoms with van der Waals surface area (Å²) in [5.41, 5.74) is 6.82. The van der Waals surface area contributed by atoms with Crippen molar-refractivity contribution in [1.82, 2.24) is 0 Å². The summed E-state index contributed by atoms with van der Waals surface area (Å²) in [5.74, 6) is 0.894. The summed E-state index contributed by atoms with van der Waals surface area (Å²) >= 11 is 5.84. The van der Waals surface area contributed by atoms with E-state index in [9.17, 15) is 4.79 Å². The summed E-state index contributed by atoms with van der Waals surface area (Å²) in [7, 11) is 0. The predicted molar refractivity (Wildman–Crippen MR) is 74.7 cm³/mol. The van der Waals surface area contributed by atoms with Crippen LogP contribution in [0.3, 0.4) is 0 Å². The van der Waals surface area contributed by atoms with Crippen LogP contribution in [-0.2, 0) is 11.2 Å². The second kappa shape index (κ2) is 6.35. The minimum Gasteiger partial charge on any atom is -0.330 e. The summed E-state index contributed by atoms with van der Waals surface area (Å²) in [5, 5.41) is 0.712. The summed E-state index contributed by atoms with van der Waals surface area (Å²) in [6.45, 7) is 0.636. The molecule has 2 rings (SSSR count). The van der Waals surface area contributed by atoms with Crippen LogP contribution in [-0.4, -0.2) is 12.3 Å². The van der Waals surface area contributed by atoms with E-state index in [0.717, 1.165) is 24.8 Å². The van der Waals surface area contributed by atoms with Crippen LogP contribution in [0.1, 0.15) is 31.2 Å². The number of hydrogen-bond donors (Lipinski definition) is 1. The summed E-state index contributed by atoms with van der Waals surface area (Å²) in [6.07, 6.45) is 5.00. The van der Waals surface area contributed by atoms with Gasteiger partial charge in [0.1, 0.15) is 5.78 Å². The molecule has 0 amide bonds. The van der Waals surface area contributed by atoms with E-state index >= 15 is 0 Å². The van der Waals surface area contributed by atoms with Gasteiger partial charge in [-0.3, -0.25) is 4.79 Å². The predicted octanol–water partition coefficient (Wildman–Crippen LogP) is 3.22. The fourth-order valence-electron chi connectivity index (χ4n) is 2.85. The number of benzene rings is 1. The molecule has 2 atom stereocenters. The fourth-order valence-corrected chi connectivity index (χ4v) is 2.97. The molecule has 0 aliphatic heterocycles. The normalized spacial score (nSPS) is 23.9. The van der Waals surface area contributed by atoms with Gasteiger partial charge in [0.25, 0.3) is 0 Å². The van der Waals surface area contributed by atoms with Crippen LogP contribution < -0.4 is 5.73 Å². The molecule has 18 heavy (non-hydrogen) atoms. The molecule has 1 aromatic carbocycles. The zero-order chi connectivity index (χ0) is 13.0. The lowest BCUT2D eigenvalue weighted by atomic mass is 9.76.